The van der Waals surface area contributed by atoms with Crippen molar-refractivity contribution in [1.29, 1.82) is 0 Å². The van der Waals surface area contributed by atoms with Crippen molar-refractivity contribution in [2.24, 2.45) is 11.7 Å². The van der Waals surface area contributed by atoms with E-state index in [2.05, 4.69) is 10.6 Å². The Bertz CT molecular complexity index is 935. The van der Waals surface area contributed by atoms with E-state index in [9.17, 15) is 13.6 Å². The average molecular weight is 454 g/mol. The summed E-state index contributed by atoms with van der Waals surface area (Å²) in [5.41, 5.74) is 9.05. The number of nitrogens with two attached hydrogens (primary N) is 1. The van der Waals surface area contributed by atoms with Crippen LogP contribution in [0.3, 0.4) is 0 Å². The molecule has 4 N–H and O–H groups in total. The van der Waals surface area contributed by atoms with Crippen molar-refractivity contribution in [2.75, 3.05) is 26.7 Å². The van der Waals surface area contributed by atoms with Crippen molar-refractivity contribution in [3.8, 4) is 22.3 Å². The van der Waals surface area contributed by atoms with Gasteiger partial charge in [-0.3, -0.25) is 4.79 Å². The lowest BCUT2D eigenvalue weighted by molar-refractivity contribution is 0.0963. The Morgan fingerprint density at radius 3 is 1.73 bits per heavy atom. The van der Waals surface area contributed by atoms with Gasteiger partial charge in [0.2, 0.25) is 0 Å². The second-order valence-corrected chi connectivity index (χ2v) is 7.49. The number of amides is 1. The molecular weight excluding hydrogens is 420 g/mol. The van der Waals surface area contributed by atoms with Gasteiger partial charge in [0.15, 0.2) is 0 Å². The molecule has 1 unspecified atom stereocenters. The van der Waals surface area contributed by atoms with Gasteiger partial charge in [0.05, 0.1) is 0 Å². The first-order chi connectivity index (χ1) is 16.0. The van der Waals surface area contributed by atoms with Crippen LogP contribution in [-0.2, 0) is 0 Å². The molecule has 4 nitrogen and oxygen atoms in total. The zero-order valence-electron chi connectivity index (χ0n) is 19.5. The largest absolute Gasteiger partial charge is 0.355 e. The van der Waals surface area contributed by atoms with Gasteiger partial charge in [-0.1, -0.05) is 38.1 Å². The first-order valence-electron chi connectivity index (χ1n) is 11.3. The van der Waals surface area contributed by atoms with E-state index in [-0.39, 0.29) is 17.5 Å². The van der Waals surface area contributed by atoms with Gasteiger partial charge in [0.25, 0.3) is 5.91 Å². The summed E-state index contributed by atoms with van der Waals surface area (Å²) in [5.74, 6) is -0.0951. The summed E-state index contributed by atoms with van der Waals surface area (Å²) >= 11 is 0. The van der Waals surface area contributed by atoms with Gasteiger partial charge < -0.3 is 16.4 Å². The maximum Gasteiger partial charge on any atom is 0.251 e. The molecule has 176 valence electrons. The molecule has 0 aromatic heterocycles. The number of rotatable bonds is 4. The molecule has 1 heterocycles. The van der Waals surface area contributed by atoms with Crippen LogP contribution in [0.2, 0.25) is 0 Å². The van der Waals surface area contributed by atoms with Crippen LogP contribution < -0.4 is 16.4 Å². The molecule has 1 atom stereocenters. The quantitative estimate of drug-likeness (QED) is 0.506. The molecule has 1 saturated heterocycles. The summed E-state index contributed by atoms with van der Waals surface area (Å²) in [4.78, 5) is 12.1. The highest BCUT2D eigenvalue weighted by Crippen LogP contribution is 2.29. The van der Waals surface area contributed by atoms with Crippen LogP contribution in [0.25, 0.3) is 22.3 Å². The van der Waals surface area contributed by atoms with Crippen LogP contribution in [0.15, 0.2) is 66.7 Å². The van der Waals surface area contributed by atoms with E-state index in [1.165, 1.54) is 37.2 Å². The van der Waals surface area contributed by atoms with Crippen LogP contribution in [0, 0.1) is 17.6 Å². The second kappa shape index (κ2) is 13.5. The monoisotopic (exact) mass is 453 g/mol. The van der Waals surface area contributed by atoms with Gasteiger partial charge >= 0.3 is 0 Å². The van der Waals surface area contributed by atoms with Crippen molar-refractivity contribution < 1.29 is 13.6 Å². The Morgan fingerprint density at radius 1 is 0.909 bits per heavy atom. The molecule has 0 saturated carbocycles. The highest BCUT2D eigenvalue weighted by atomic mass is 19.1. The number of hydrogen-bond acceptors (Lipinski definition) is 3. The molecule has 3 aromatic carbocycles. The minimum absolute atomic E-state index is 0.220. The summed E-state index contributed by atoms with van der Waals surface area (Å²) in [6.07, 6.45) is 1.27. The zero-order chi connectivity index (χ0) is 24.2. The molecule has 0 bridgehead atoms. The highest BCUT2D eigenvalue weighted by molar-refractivity contribution is 5.97. The van der Waals surface area contributed by atoms with Crippen LogP contribution in [-0.4, -0.2) is 32.6 Å². The van der Waals surface area contributed by atoms with Gasteiger partial charge in [-0.05, 0) is 96.7 Å². The molecule has 6 heteroatoms. The number of halogens is 2. The maximum atomic E-state index is 13.1. The second-order valence-electron chi connectivity index (χ2n) is 7.49. The van der Waals surface area contributed by atoms with Gasteiger partial charge in [0.1, 0.15) is 11.6 Å². The van der Waals surface area contributed by atoms with Crippen molar-refractivity contribution in [2.45, 2.75) is 20.3 Å². The minimum atomic E-state index is -0.319. The molecule has 1 aliphatic heterocycles. The van der Waals surface area contributed by atoms with E-state index in [0.29, 0.717) is 5.56 Å². The van der Waals surface area contributed by atoms with E-state index in [0.717, 1.165) is 41.3 Å². The molecule has 1 fully saturated rings. The minimum Gasteiger partial charge on any atom is -0.355 e. The fourth-order valence-corrected chi connectivity index (χ4v) is 3.44. The van der Waals surface area contributed by atoms with E-state index in [1.807, 2.05) is 19.9 Å². The number of carbonyl (C=O) groups is 1. The summed E-state index contributed by atoms with van der Waals surface area (Å²) in [6.45, 7) is 7.16. The van der Waals surface area contributed by atoms with Crippen LogP contribution in [0.5, 0.6) is 0 Å². The predicted octanol–water partition coefficient (Wildman–Crippen LogP) is 5.24. The zero-order valence-corrected chi connectivity index (χ0v) is 19.5. The summed E-state index contributed by atoms with van der Waals surface area (Å²) in [6, 6.07) is 17.5. The van der Waals surface area contributed by atoms with Gasteiger partial charge in [0, 0.05) is 12.6 Å². The molecule has 33 heavy (non-hydrogen) atoms. The van der Waals surface area contributed by atoms with Gasteiger partial charge in [-0.25, -0.2) is 8.78 Å². The lowest BCUT2D eigenvalue weighted by Gasteiger charge is -2.10. The third kappa shape index (κ3) is 7.77. The van der Waals surface area contributed by atoms with Crippen molar-refractivity contribution >= 4 is 5.91 Å². The molecule has 0 aliphatic carbocycles. The number of hydrogen-bond donors (Lipinski definition) is 3. The van der Waals surface area contributed by atoms with E-state index in [1.54, 1.807) is 43.4 Å². The van der Waals surface area contributed by atoms with Crippen molar-refractivity contribution in [1.82, 2.24) is 10.6 Å². The number of benzene rings is 3. The average Bonchev–Trinajstić information content (AvgIpc) is 3.40. The Labute approximate surface area is 195 Å². The van der Waals surface area contributed by atoms with Crippen LogP contribution in [0.1, 0.15) is 30.6 Å². The highest BCUT2D eigenvalue weighted by Gasteiger charge is 2.11. The van der Waals surface area contributed by atoms with Gasteiger partial charge in [-0.2, -0.15) is 0 Å². The molecule has 0 radical (unpaired) electrons. The Morgan fingerprint density at radius 2 is 1.39 bits per heavy atom. The van der Waals surface area contributed by atoms with E-state index >= 15 is 0 Å². The number of nitrogens with one attached hydrogen (secondary N) is 2. The summed E-state index contributed by atoms with van der Waals surface area (Å²) in [7, 11) is 1.56. The topological polar surface area (TPSA) is 67.2 Å². The Balaban J connectivity index is 0.000000362. The fourth-order valence-electron chi connectivity index (χ4n) is 3.44. The first kappa shape index (κ1) is 26.2. The maximum absolute atomic E-state index is 13.1. The number of carbonyl (C=O) groups excluding carboxylic acids is 1. The molecule has 4 rings (SSSR count). The van der Waals surface area contributed by atoms with Crippen LogP contribution in [0.4, 0.5) is 8.78 Å². The van der Waals surface area contributed by atoms with E-state index < -0.39 is 0 Å². The fraction of sp³-hybridized carbons (Fsp3) is 0.296. The third-order valence-corrected chi connectivity index (χ3v) is 5.27. The third-order valence-electron chi connectivity index (χ3n) is 5.27. The summed E-state index contributed by atoms with van der Waals surface area (Å²) < 4.78 is 26.3. The van der Waals surface area contributed by atoms with Crippen molar-refractivity contribution in [3.63, 3.8) is 0 Å². The Hall–Kier alpha value is -3.09. The smallest absolute Gasteiger partial charge is 0.251 e. The molecule has 1 amide bonds. The standard InChI is InChI=1S/C20H15F2NO.C5H12N2.C2H6/c1-23-20(24)17-11-15(13-2-6-18(21)7-3-13)10-16(12-17)14-4-8-19(22)9-5-14;6-3-5-1-2-7-4-5;1-2/h2-12H,1H3,(H,23,24);5,7H,1-4,6H2;1-2H3. The normalized spacial score (nSPS) is 14.4. The Kier molecular flexibility index (Phi) is 10.7. The molecule has 1 aliphatic rings. The van der Waals surface area contributed by atoms with Crippen molar-refractivity contribution in [3.05, 3.63) is 83.9 Å². The molecule has 3 aromatic rings. The van der Waals surface area contributed by atoms with E-state index in [4.69, 9.17) is 5.73 Å². The first-order valence-corrected chi connectivity index (χ1v) is 11.3. The predicted molar refractivity (Wildman–Crippen MR) is 132 cm³/mol. The lowest BCUT2D eigenvalue weighted by Crippen LogP contribution is -2.17. The molecular formula is C27H33F2N3O. The lowest BCUT2D eigenvalue weighted by atomic mass is 9.96. The SMILES string of the molecule is CC.CNC(=O)c1cc(-c2ccc(F)cc2)cc(-c2ccc(F)cc2)c1.NCC1CCNC1. The van der Waals surface area contributed by atoms with Gasteiger partial charge in [-0.15, -0.1) is 0 Å². The molecule has 0 spiro atoms. The summed E-state index contributed by atoms with van der Waals surface area (Å²) in [5, 5.41) is 5.84. The van der Waals surface area contributed by atoms with Crippen LogP contribution >= 0.6 is 0 Å².